The molecule has 2 aromatic carbocycles. The van der Waals surface area contributed by atoms with Crippen molar-refractivity contribution in [2.45, 2.75) is 26.2 Å². The second kappa shape index (κ2) is 5.95. The van der Waals surface area contributed by atoms with Crippen molar-refractivity contribution in [1.29, 1.82) is 0 Å². The molecule has 0 amide bonds. The lowest BCUT2D eigenvalue weighted by atomic mass is 9.98. The maximum absolute atomic E-state index is 13.5. The van der Waals surface area contributed by atoms with Crippen LogP contribution in [0.1, 0.15) is 41.3 Å². The Balaban J connectivity index is 2.15. The maximum Gasteiger partial charge on any atom is 0.170 e. The lowest BCUT2D eigenvalue weighted by Gasteiger charge is -2.07. The zero-order valence-corrected chi connectivity index (χ0v) is 11.5. The highest BCUT2D eigenvalue weighted by Gasteiger charge is 2.13. The van der Waals surface area contributed by atoms with E-state index in [0.29, 0.717) is 5.92 Å². The van der Waals surface area contributed by atoms with Crippen molar-refractivity contribution in [3.8, 4) is 0 Å². The van der Waals surface area contributed by atoms with Crippen molar-refractivity contribution in [2.75, 3.05) is 0 Å². The molecule has 2 rings (SSSR count). The van der Waals surface area contributed by atoms with Gasteiger partial charge in [0.2, 0.25) is 0 Å². The monoisotopic (exact) mass is 274 g/mol. The van der Waals surface area contributed by atoms with Gasteiger partial charge in [0.15, 0.2) is 5.78 Å². The lowest BCUT2D eigenvalue weighted by Crippen LogP contribution is -2.06. The Morgan fingerprint density at radius 2 is 1.70 bits per heavy atom. The molecule has 0 N–H and O–H groups in total. The number of carbonyl (C=O) groups is 1. The highest BCUT2D eigenvalue weighted by molar-refractivity contribution is 5.97. The number of carbonyl (C=O) groups excluding carboxylic acids is 1. The first-order valence-electron chi connectivity index (χ1n) is 6.54. The minimum absolute atomic E-state index is 0.0701. The Morgan fingerprint density at radius 3 is 2.25 bits per heavy atom. The van der Waals surface area contributed by atoms with Crippen molar-refractivity contribution >= 4 is 5.78 Å². The number of benzene rings is 2. The van der Waals surface area contributed by atoms with Crippen LogP contribution in [0.4, 0.5) is 8.78 Å². The molecular formula is C17H16F2O. The molecule has 0 aliphatic rings. The largest absolute Gasteiger partial charge is 0.294 e. The van der Waals surface area contributed by atoms with Gasteiger partial charge in [0, 0.05) is 12.5 Å². The van der Waals surface area contributed by atoms with Gasteiger partial charge in [-0.15, -0.1) is 0 Å². The van der Waals surface area contributed by atoms with Crippen LogP contribution in [0, 0.1) is 11.6 Å². The predicted molar refractivity (Wildman–Crippen MR) is 74.9 cm³/mol. The van der Waals surface area contributed by atoms with E-state index in [1.54, 1.807) is 0 Å². The average molecular weight is 274 g/mol. The van der Waals surface area contributed by atoms with Gasteiger partial charge >= 0.3 is 0 Å². The molecule has 2 aromatic rings. The summed E-state index contributed by atoms with van der Waals surface area (Å²) < 4.78 is 26.3. The van der Waals surface area contributed by atoms with Crippen LogP contribution in [0.2, 0.25) is 0 Å². The van der Waals surface area contributed by atoms with E-state index < -0.39 is 11.6 Å². The summed E-state index contributed by atoms with van der Waals surface area (Å²) in [5.74, 6) is -1.41. The molecule has 0 spiro atoms. The molecular weight excluding hydrogens is 258 g/mol. The van der Waals surface area contributed by atoms with Crippen LogP contribution in [0.25, 0.3) is 0 Å². The van der Waals surface area contributed by atoms with Crippen LogP contribution in [-0.4, -0.2) is 5.78 Å². The van der Waals surface area contributed by atoms with Crippen molar-refractivity contribution in [3.05, 3.63) is 70.8 Å². The van der Waals surface area contributed by atoms with E-state index >= 15 is 0 Å². The van der Waals surface area contributed by atoms with Gasteiger partial charge in [0.25, 0.3) is 0 Å². The SMILES string of the molecule is CC(C)c1ccc(CC(=O)c2ccc(F)cc2F)cc1. The van der Waals surface area contributed by atoms with E-state index in [0.717, 1.165) is 17.7 Å². The van der Waals surface area contributed by atoms with Gasteiger partial charge in [-0.25, -0.2) is 8.78 Å². The van der Waals surface area contributed by atoms with Crippen LogP contribution >= 0.6 is 0 Å². The Bertz CT molecular complexity index is 615. The molecule has 104 valence electrons. The molecule has 20 heavy (non-hydrogen) atoms. The van der Waals surface area contributed by atoms with Gasteiger partial charge in [-0.3, -0.25) is 4.79 Å². The van der Waals surface area contributed by atoms with E-state index in [1.807, 2.05) is 24.3 Å². The fourth-order valence-corrected chi connectivity index (χ4v) is 2.02. The summed E-state index contributed by atoms with van der Waals surface area (Å²) in [4.78, 5) is 12.0. The van der Waals surface area contributed by atoms with Gasteiger partial charge in [-0.1, -0.05) is 38.1 Å². The van der Waals surface area contributed by atoms with Gasteiger partial charge in [-0.05, 0) is 29.2 Å². The summed E-state index contributed by atoms with van der Waals surface area (Å²) in [5, 5.41) is 0. The number of hydrogen-bond acceptors (Lipinski definition) is 1. The van der Waals surface area contributed by atoms with E-state index in [2.05, 4.69) is 13.8 Å². The highest BCUT2D eigenvalue weighted by Crippen LogP contribution is 2.17. The summed E-state index contributed by atoms with van der Waals surface area (Å²) in [6.45, 7) is 4.18. The van der Waals surface area contributed by atoms with E-state index in [1.165, 1.54) is 11.6 Å². The third kappa shape index (κ3) is 3.29. The van der Waals surface area contributed by atoms with Gasteiger partial charge in [-0.2, -0.15) is 0 Å². The first kappa shape index (κ1) is 14.4. The fourth-order valence-electron chi connectivity index (χ4n) is 2.02. The molecule has 0 saturated carbocycles. The van der Waals surface area contributed by atoms with Crippen LogP contribution in [0.15, 0.2) is 42.5 Å². The number of hydrogen-bond donors (Lipinski definition) is 0. The Labute approximate surface area is 117 Å². The molecule has 0 saturated heterocycles. The molecule has 0 heterocycles. The zero-order chi connectivity index (χ0) is 14.7. The van der Waals surface area contributed by atoms with Crippen LogP contribution in [-0.2, 0) is 6.42 Å². The van der Waals surface area contributed by atoms with Crippen molar-refractivity contribution in [2.24, 2.45) is 0 Å². The van der Waals surface area contributed by atoms with Gasteiger partial charge < -0.3 is 0 Å². The quantitative estimate of drug-likeness (QED) is 0.749. The van der Waals surface area contributed by atoms with Crippen molar-refractivity contribution < 1.29 is 13.6 Å². The van der Waals surface area contributed by atoms with E-state index in [4.69, 9.17) is 0 Å². The molecule has 0 unspecified atom stereocenters. The van der Waals surface area contributed by atoms with Crippen molar-refractivity contribution in [3.63, 3.8) is 0 Å². The summed E-state index contributed by atoms with van der Waals surface area (Å²) >= 11 is 0. The molecule has 0 aliphatic carbocycles. The third-order valence-electron chi connectivity index (χ3n) is 3.24. The second-order valence-corrected chi connectivity index (χ2v) is 5.12. The summed E-state index contributed by atoms with van der Waals surface area (Å²) in [5.41, 5.74) is 1.94. The number of ketones is 1. The van der Waals surface area contributed by atoms with Crippen LogP contribution < -0.4 is 0 Å². The summed E-state index contributed by atoms with van der Waals surface area (Å²) in [7, 11) is 0. The minimum Gasteiger partial charge on any atom is -0.294 e. The topological polar surface area (TPSA) is 17.1 Å². The molecule has 0 atom stereocenters. The maximum atomic E-state index is 13.5. The number of halogens is 2. The Morgan fingerprint density at radius 1 is 1.05 bits per heavy atom. The molecule has 0 bridgehead atoms. The van der Waals surface area contributed by atoms with E-state index in [-0.39, 0.29) is 17.8 Å². The van der Waals surface area contributed by atoms with Crippen LogP contribution in [0.3, 0.4) is 0 Å². The number of rotatable bonds is 4. The first-order chi connectivity index (χ1) is 9.47. The Kier molecular flexibility index (Phi) is 4.28. The normalized spacial score (nSPS) is 10.8. The number of Topliss-reactive ketones (excluding diaryl/α,β-unsaturated/α-hetero) is 1. The van der Waals surface area contributed by atoms with Gasteiger partial charge in [0.1, 0.15) is 11.6 Å². The molecule has 0 fully saturated rings. The van der Waals surface area contributed by atoms with Gasteiger partial charge in [0.05, 0.1) is 5.56 Å². The third-order valence-corrected chi connectivity index (χ3v) is 3.24. The fraction of sp³-hybridized carbons (Fsp3) is 0.235. The zero-order valence-electron chi connectivity index (χ0n) is 11.5. The molecule has 0 aliphatic heterocycles. The summed E-state index contributed by atoms with van der Waals surface area (Å²) in [6, 6.07) is 10.7. The molecule has 0 aromatic heterocycles. The Hall–Kier alpha value is -2.03. The highest BCUT2D eigenvalue weighted by atomic mass is 19.1. The standard InChI is InChI=1S/C17H16F2O/c1-11(2)13-5-3-12(4-6-13)9-17(20)15-8-7-14(18)10-16(15)19/h3-8,10-11H,9H2,1-2H3. The van der Waals surface area contributed by atoms with Crippen LogP contribution in [0.5, 0.6) is 0 Å². The smallest absolute Gasteiger partial charge is 0.170 e. The van der Waals surface area contributed by atoms with E-state index in [9.17, 15) is 13.6 Å². The predicted octanol–water partition coefficient (Wildman–Crippen LogP) is 4.51. The average Bonchev–Trinajstić information content (AvgIpc) is 2.39. The molecule has 3 heteroatoms. The second-order valence-electron chi connectivity index (χ2n) is 5.12. The van der Waals surface area contributed by atoms with Crippen molar-refractivity contribution in [1.82, 2.24) is 0 Å². The minimum atomic E-state index is -0.811. The first-order valence-corrected chi connectivity index (χ1v) is 6.54. The molecule has 1 nitrogen and oxygen atoms in total. The lowest BCUT2D eigenvalue weighted by molar-refractivity contribution is 0.0989. The summed E-state index contributed by atoms with van der Waals surface area (Å²) in [6.07, 6.45) is 0.112. The molecule has 0 radical (unpaired) electrons.